The van der Waals surface area contributed by atoms with Crippen LogP contribution in [0, 0.1) is 0 Å². The van der Waals surface area contributed by atoms with Gasteiger partial charge in [0.1, 0.15) is 12.1 Å². The third-order valence-corrected chi connectivity index (χ3v) is 2.25. The molecule has 1 rings (SSSR count). The normalized spacial score (nSPS) is 26.4. The van der Waals surface area contributed by atoms with Crippen molar-refractivity contribution in [3.63, 3.8) is 0 Å². The first-order valence-corrected chi connectivity index (χ1v) is 5.22. The van der Waals surface area contributed by atoms with Crippen molar-refractivity contribution >= 4 is 5.97 Å². The number of aliphatic hydroxyl groups is 2. The lowest BCUT2D eigenvalue weighted by Gasteiger charge is -2.26. The maximum absolute atomic E-state index is 11.5. The lowest BCUT2D eigenvalue weighted by Crippen LogP contribution is -2.44. The van der Waals surface area contributed by atoms with Crippen LogP contribution in [0.15, 0.2) is 11.4 Å². The van der Waals surface area contributed by atoms with Gasteiger partial charge in [-0.3, -0.25) is 4.79 Å². The molecule has 2 unspecified atom stereocenters. The molecule has 0 aromatic heterocycles. The molecule has 17 heavy (non-hydrogen) atoms. The van der Waals surface area contributed by atoms with Crippen molar-refractivity contribution < 1.29 is 19.7 Å². The van der Waals surface area contributed by atoms with E-state index in [1.54, 1.807) is 20.8 Å². The van der Waals surface area contributed by atoms with E-state index >= 15 is 0 Å². The van der Waals surface area contributed by atoms with Crippen LogP contribution in [-0.2, 0) is 9.53 Å². The van der Waals surface area contributed by atoms with Gasteiger partial charge in [0, 0.05) is 0 Å². The van der Waals surface area contributed by atoms with E-state index in [-0.39, 0.29) is 17.9 Å². The molecular formula is C10H19N3O4. The van der Waals surface area contributed by atoms with Crippen molar-refractivity contribution in [2.45, 2.75) is 38.8 Å². The number of aliphatic hydroxyl groups excluding tert-OH is 2. The van der Waals surface area contributed by atoms with E-state index in [4.69, 9.17) is 16.2 Å². The summed E-state index contributed by atoms with van der Waals surface area (Å²) >= 11 is 0. The Bertz CT molecular complexity index is 330. The molecule has 0 spiro atoms. The van der Waals surface area contributed by atoms with Crippen LogP contribution in [0.4, 0.5) is 0 Å². The number of rotatable bonds is 2. The highest BCUT2D eigenvalue weighted by atomic mass is 16.6. The summed E-state index contributed by atoms with van der Waals surface area (Å²) in [5.41, 5.74) is 10.2. The Morgan fingerprint density at radius 1 is 1.29 bits per heavy atom. The van der Waals surface area contributed by atoms with Gasteiger partial charge < -0.3 is 26.4 Å². The maximum Gasteiger partial charge on any atom is 0.320 e. The van der Waals surface area contributed by atoms with E-state index in [1.165, 1.54) is 0 Å². The van der Waals surface area contributed by atoms with Crippen LogP contribution >= 0.6 is 0 Å². The number of hydrogen-bond acceptors (Lipinski definition) is 7. The standard InChI is InChI=1S/C10H19N3O4/c1-10(2,3)17-5(14)4-13-8(15)6(11)7(12)9(13)16/h8-9,15-16H,4,11-12H2,1-3H3. The number of nitrogens with zero attached hydrogens (tertiary/aromatic N) is 1. The quantitative estimate of drug-likeness (QED) is 0.432. The summed E-state index contributed by atoms with van der Waals surface area (Å²) < 4.78 is 5.06. The fraction of sp³-hybridized carbons (Fsp3) is 0.700. The number of nitrogens with two attached hydrogens (primary N) is 2. The first-order chi connectivity index (χ1) is 7.63. The van der Waals surface area contributed by atoms with Crippen LogP contribution in [0.25, 0.3) is 0 Å². The average molecular weight is 245 g/mol. The molecule has 0 saturated carbocycles. The summed E-state index contributed by atoms with van der Waals surface area (Å²) in [5, 5.41) is 19.3. The van der Waals surface area contributed by atoms with E-state index in [0.29, 0.717) is 0 Å². The van der Waals surface area contributed by atoms with E-state index in [2.05, 4.69) is 0 Å². The Morgan fingerprint density at radius 3 is 2.06 bits per heavy atom. The predicted octanol–water partition coefficient (Wildman–Crippen LogP) is -1.59. The van der Waals surface area contributed by atoms with Crippen LogP contribution < -0.4 is 11.5 Å². The van der Waals surface area contributed by atoms with Crippen LogP contribution in [0.5, 0.6) is 0 Å². The molecule has 0 radical (unpaired) electrons. The van der Waals surface area contributed by atoms with E-state index in [0.717, 1.165) is 4.90 Å². The fourth-order valence-electron chi connectivity index (χ4n) is 1.48. The number of ether oxygens (including phenoxy) is 1. The number of carbonyl (C=O) groups is 1. The topological polar surface area (TPSA) is 122 Å². The van der Waals surface area contributed by atoms with Gasteiger partial charge in [0.2, 0.25) is 0 Å². The summed E-state index contributed by atoms with van der Waals surface area (Å²) in [7, 11) is 0. The number of esters is 1. The van der Waals surface area contributed by atoms with Gasteiger partial charge in [-0.1, -0.05) is 0 Å². The minimum atomic E-state index is -1.27. The highest BCUT2D eigenvalue weighted by Crippen LogP contribution is 2.21. The predicted molar refractivity (Wildman–Crippen MR) is 60.0 cm³/mol. The molecule has 0 aromatic carbocycles. The molecule has 7 heteroatoms. The first kappa shape index (κ1) is 13.8. The van der Waals surface area contributed by atoms with Crippen molar-refractivity contribution in [2.24, 2.45) is 11.5 Å². The van der Waals surface area contributed by atoms with Gasteiger partial charge in [0.05, 0.1) is 11.4 Å². The molecule has 1 aliphatic heterocycles. The van der Waals surface area contributed by atoms with Gasteiger partial charge in [-0.2, -0.15) is 0 Å². The highest BCUT2D eigenvalue weighted by molar-refractivity contribution is 5.72. The van der Waals surface area contributed by atoms with Crippen LogP contribution in [0.1, 0.15) is 20.8 Å². The zero-order chi connectivity index (χ0) is 13.4. The van der Waals surface area contributed by atoms with E-state index in [9.17, 15) is 15.0 Å². The first-order valence-electron chi connectivity index (χ1n) is 5.22. The zero-order valence-electron chi connectivity index (χ0n) is 10.2. The Kier molecular flexibility index (Phi) is 3.65. The Morgan fingerprint density at radius 2 is 1.71 bits per heavy atom. The van der Waals surface area contributed by atoms with E-state index < -0.39 is 24.0 Å². The molecule has 1 heterocycles. The smallest absolute Gasteiger partial charge is 0.320 e. The zero-order valence-corrected chi connectivity index (χ0v) is 10.2. The Labute approximate surface area is 99.6 Å². The minimum absolute atomic E-state index is 0.0407. The third kappa shape index (κ3) is 3.09. The molecule has 7 nitrogen and oxygen atoms in total. The summed E-state index contributed by atoms with van der Waals surface area (Å²) in [5.74, 6) is -0.571. The van der Waals surface area contributed by atoms with Gasteiger partial charge >= 0.3 is 5.97 Å². The highest BCUT2D eigenvalue weighted by Gasteiger charge is 2.38. The molecule has 98 valence electrons. The second-order valence-electron chi connectivity index (χ2n) is 4.92. The van der Waals surface area contributed by atoms with Crippen molar-refractivity contribution in [3.8, 4) is 0 Å². The molecule has 2 atom stereocenters. The summed E-state index contributed by atoms with van der Waals surface area (Å²) in [6.45, 7) is 4.88. The summed E-state index contributed by atoms with van der Waals surface area (Å²) in [6.07, 6.45) is -2.53. The maximum atomic E-state index is 11.5. The van der Waals surface area contributed by atoms with E-state index in [1.807, 2.05) is 0 Å². The Balaban J connectivity index is 2.63. The molecule has 1 aliphatic rings. The van der Waals surface area contributed by atoms with Crippen LogP contribution in [0.3, 0.4) is 0 Å². The second kappa shape index (κ2) is 4.52. The second-order valence-corrected chi connectivity index (χ2v) is 4.92. The van der Waals surface area contributed by atoms with Crippen molar-refractivity contribution in [2.75, 3.05) is 6.54 Å². The average Bonchev–Trinajstić information content (AvgIpc) is 2.33. The van der Waals surface area contributed by atoms with Crippen molar-refractivity contribution in [1.82, 2.24) is 4.90 Å². The fourth-order valence-corrected chi connectivity index (χ4v) is 1.48. The molecule has 0 fully saturated rings. The number of carbonyl (C=O) groups excluding carboxylic acids is 1. The summed E-state index contributed by atoms with van der Waals surface area (Å²) in [4.78, 5) is 12.6. The van der Waals surface area contributed by atoms with Crippen molar-refractivity contribution in [3.05, 3.63) is 11.4 Å². The van der Waals surface area contributed by atoms with Gasteiger partial charge in [-0.15, -0.1) is 0 Å². The molecule has 6 N–H and O–H groups in total. The summed E-state index contributed by atoms with van der Waals surface area (Å²) in [6, 6.07) is 0. The SMILES string of the molecule is CC(C)(C)OC(=O)CN1C(O)C(N)=C(N)C1O. The third-order valence-electron chi connectivity index (χ3n) is 2.25. The number of hydrogen-bond donors (Lipinski definition) is 4. The van der Waals surface area contributed by atoms with Gasteiger partial charge in [-0.25, -0.2) is 4.90 Å². The van der Waals surface area contributed by atoms with Crippen LogP contribution in [0.2, 0.25) is 0 Å². The minimum Gasteiger partial charge on any atom is -0.459 e. The van der Waals surface area contributed by atoms with Gasteiger partial charge in [-0.05, 0) is 20.8 Å². The monoisotopic (exact) mass is 245 g/mol. The van der Waals surface area contributed by atoms with Gasteiger partial charge in [0.25, 0.3) is 0 Å². The molecule has 0 aromatic rings. The Hall–Kier alpha value is -1.31. The molecule has 0 bridgehead atoms. The van der Waals surface area contributed by atoms with Gasteiger partial charge in [0.15, 0.2) is 12.5 Å². The lowest BCUT2D eigenvalue weighted by molar-refractivity contribution is -0.161. The van der Waals surface area contributed by atoms with Crippen LogP contribution in [-0.4, -0.2) is 45.7 Å². The molecular weight excluding hydrogens is 226 g/mol. The molecule has 0 amide bonds. The largest absolute Gasteiger partial charge is 0.459 e. The van der Waals surface area contributed by atoms with Crippen molar-refractivity contribution in [1.29, 1.82) is 0 Å². The molecule has 0 aliphatic carbocycles. The lowest BCUT2D eigenvalue weighted by atomic mass is 10.2. The molecule has 0 saturated heterocycles.